The molecule has 0 aromatic heterocycles. The van der Waals surface area contributed by atoms with Gasteiger partial charge in [0.1, 0.15) is 24.7 Å². The Balaban J connectivity index is 4.60. The highest BCUT2D eigenvalue weighted by Crippen LogP contribution is 2.22. The van der Waals surface area contributed by atoms with E-state index in [1.807, 2.05) is 0 Å². The van der Waals surface area contributed by atoms with Gasteiger partial charge < -0.3 is 50.9 Å². The maximum Gasteiger partial charge on any atom is 0.245 e. The average molecular weight is 553 g/mol. The summed E-state index contributed by atoms with van der Waals surface area (Å²) in [6.07, 6.45) is 1.01. The molecular formula is C20H36N6O8S2. The van der Waals surface area contributed by atoms with E-state index in [1.165, 1.54) is 0 Å². The van der Waals surface area contributed by atoms with Crippen molar-refractivity contribution in [2.45, 2.75) is 24.2 Å². The second kappa shape index (κ2) is 18.9. The molecule has 4 atom stereocenters. The number of carbonyl (C=O) groups is 6. The summed E-state index contributed by atoms with van der Waals surface area (Å²) in [7, 11) is 8.97. The summed E-state index contributed by atoms with van der Waals surface area (Å²) < 4.78 is 0. The molecule has 0 saturated heterocycles. The van der Waals surface area contributed by atoms with Crippen molar-refractivity contribution in [1.82, 2.24) is 31.1 Å². The molecule has 0 aliphatic carbocycles. The molecule has 0 radical (unpaired) electrons. The SMILES string of the molecule is CN(C)CC(=O)N[C@@H](CO)C(=O)N[C@H](C=O)CSSC[C@H](C=O)NC(=O)[C@@H](CO)NC(=O)CN(C)C. The second-order valence-corrected chi connectivity index (χ2v) is 10.7. The molecule has 0 spiro atoms. The van der Waals surface area contributed by atoms with Crippen LogP contribution in [0.3, 0.4) is 0 Å². The number of hydrogen-bond acceptors (Lipinski definition) is 12. The maximum absolute atomic E-state index is 12.3. The molecule has 6 N–H and O–H groups in total. The van der Waals surface area contributed by atoms with Crippen molar-refractivity contribution < 1.29 is 39.0 Å². The van der Waals surface area contributed by atoms with Gasteiger partial charge in [0.05, 0.1) is 38.4 Å². The Bertz CT molecular complexity index is 683. The highest BCUT2D eigenvalue weighted by atomic mass is 33.1. The molecule has 0 aliphatic rings. The predicted octanol–water partition coefficient (Wildman–Crippen LogP) is -4.19. The lowest BCUT2D eigenvalue weighted by atomic mass is 10.2. The Morgan fingerprint density at radius 3 is 1.28 bits per heavy atom. The van der Waals surface area contributed by atoms with Crippen LogP contribution >= 0.6 is 21.6 Å². The normalized spacial score (nSPS) is 14.3. The molecule has 0 aromatic rings. The van der Waals surface area contributed by atoms with Gasteiger partial charge in [0, 0.05) is 11.5 Å². The van der Waals surface area contributed by atoms with Crippen LogP contribution < -0.4 is 21.3 Å². The van der Waals surface area contributed by atoms with Crippen LogP contribution in [-0.2, 0) is 28.8 Å². The Labute approximate surface area is 218 Å². The van der Waals surface area contributed by atoms with E-state index in [0.29, 0.717) is 12.6 Å². The minimum Gasteiger partial charge on any atom is -0.394 e. The quantitative estimate of drug-likeness (QED) is 0.0514. The zero-order chi connectivity index (χ0) is 27.7. The summed E-state index contributed by atoms with van der Waals surface area (Å²) in [6.45, 7) is -1.26. The summed E-state index contributed by atoms with van der Waals surface area (Å²) >= 11 is 0. The maximum atomic E-state index is 12.3. The Morgan fingerprint density at radius 2 is 1.03 bits per heavy atom. The van der Waals surface area contributed by atoms with Gasteiger partial charge in [-0.2, -0.15) is 0 Å². The van der Waals surface area contributed by atoms with Crippen molar-refractivity contribution in [2.24, 2.45) is 0 Å². The van der Waals surface area contributed by atoms with Crippen LogP contribution in [0.25, 0.3) is 0 Å². The summed E-state index contributed by atoms with van der Waals surface area (Å²) in [6, 6.07) is -4.29. The van der Waals surface area contributed by atoms with Crippen molar-refractivity contribution in [1.29, 1.82) is 0 Å². The van der Waals surface area contributed by atoms with Crippen molar-refractivity contribution in [3.05, 3.63) is 0 Å². The van der Waals surface area contributed by atoms with Crippen LogP contribution in [0.15, 0.2) is 0 Å². The van der Waals surface area contributed by atoms with Crippen molar-refractivity contribution in [3.8, 4) is 0 Å². The zero-order valence-electron chi connectivity index (χ0n) is 20.8. The summed E-state index contributed by atoms with van der Waals surface area (Å²) in [4.78, 5) is 74.0. The van der Waals surface area contributed by atoms with Gasteiger partial charge in [0.15, 0.2) is 0 Å². The number of nitrogens with zero attached hydrogens (tertiary/aromatic N) is 2. The number of carbonyl (C=O) groups excluding carboxylic acids is 6. The van der Waals surface area contributed by atoms with E-state index in [4.69, 9.17) is 0 Å². The third-order valence-electron chi connectivity index (χ3n) is 4.15. The van der Waals surface area contributed by atoms with Crippen molar-refractivity contribution in [2.75, 3.05) is 66.0 Å². The first-order valence-corrected chi connectivity index (χ1v) is 13.3. The van der Waals surface area contributed by atoms with E-state index in [-0.39, 0.29) is 24.6 Å². The molecule has 0 fully saturated rings. The number of aliphatic hydroxyl groups excluding tert-OH is 2. The largest absolute Gasteiger partial charge is 0.394 e. The highest BCUT2D eigenvalue weighted by Gasteiger charge is 2.24. The fourth-order valence-electron chi connectivity index (χ4n) is 2.48. The van der Waals surface area contributed by atoms with Crippen molar-refractivity contribution in [3.63, 3.8) is 0 Å². The molecule has 16 heteroatoms. The molecular weight excluding hydrogens is 516 g/mol. The first kappa shape index (κ1) is 33.8. The van der Waals surface area contributed by atoms with Gasteiger partial charge in [-0.25, -0.2) is 0 Å². The first-order valence-electron chi connectivity index (χ1n) is 10.8. The van der Waals surface area contributed by atoms with E-state index in [0.717, 1.165) is 21.6 Å². The number of aldehydes is 2. The van der Waals surface area contributed by atoms with E-state index in [2.05, 4.69) is 21.3 Å². The first-order chi connectivity index (χ1) is 17.0. The molecule has 36 heavy (non-hydrogen) atoms. The third-order valence-corrected chi connectivity index (χ3v) is 6.62. The number of hydrogen-bond donors (Lipinski definition) is 6. The molecule has 206 valence electrons. The van der Waals surface area contributed by atoms with Crippen LogP contribution in [0.5, 0.6) is 0 Å². The Kier molecular flexibility index (Phi) is 17.8. The van der Waals surface area contributed by atoms with Crippen molar-refractivity contribution >= 4 is 57.8 Å². The van der Waals surface area contributed by atoms with Crippen LogP contribution in [0.2, 0.25) is 0 Å². The van der Waals surface area contributed by atoms with E-state index in [9.17, 15) is 39.0 Å². The van der Waals surface area contributed by atoms with Gasteiger partial charge >= 0.3 is 0 Å². The van der Waals surface area contributed by atoms with E-state index < -0.39 is 61.0 Å². The van der Waals surface area contributed by atoms with Gasteiger partial charge in [-0.15, -0.1) is 0 Å². The van der Waals surface area contributed by atoms with E-state index >= 15 is 0 Å². The number of likely N-dealkylation sites (N-methyl/N-ethyl adjacent to an activating group) is 2. The van der Waals surface area contributed by atoms with Crippen LogP contribution in [0.4, 0.5) is 0 Å². The standard InChI is InChI=1S/C20H36N6O8S2/c1-25(2)5-17(31)23-15(9-29)19(33)21-13(7-27)11-35-36-12-14(8-28)22-20(34)16(10-30)24-18(32)6-26(3)4/h7-8,13-16,29-30H,5-6,9-12H2,1-4H3,(H,21,33)(H,22,34)(H,23,31)(H,24,32)/t13-,14+,15+,16-. The lowest BCUT2D eigenvalue weighted by Gasteiger charge is -2.21. The van der Waals surface area contributed by atoms with Gasteiger partial charge in [-0.05, 0) is 28.2 Å². The Hall–Kier alpha value is -2.24. The molecule has 0 unspecified atom stereocenters. The molecule has 4 amide bonds. The number of rotatable bonds is 19. The smallest absolute Gasteiger partial charge is 0.245 e. The highest BCUT2D eigenvalue weighted by molar-refractivity contribution is 8.76. The molecule has 0 saturated carbocycles. The van der Waals surface area contributed by atoms with Crippen LogP contribution in [0.1, 0.15) is 0 Å². The number of amides is 4. The minimum atomic E-state index is -1.22. The van der Waals surface area contributed by atoms with Crippen LogP contribution in [-0.4, -0.2) is 146 Å². The number of aliphatic hydroxyl groups is 2. The third kappa shape index (κ3) is 15.0. The molecule has 0 bridgehead atoms. The van der Waals surface area contributed by atoms with Crippen LogP contribution in [0, 0.1) is 0 Å². The Morgan fingerprint density at radius 1 is 0.694 bits per heavy atom. The minimum absolute atomic E-state index is 0.0172. The zero-order valence-corrected chi connectivity index (χ0v) is 22.4. The lowest BCUT2D eigenvalue weighted by Crippen LogP contribution is -2.53. The van der Waals surface area contributed by atoms with Gasteiger partial charge in [0.25, 0.3) is 0 Å². The van der Waals surface area contributed by atoms with Gasteiger partial charge in [0.2, 0.25) is 23.6 Å². The lowest BCUT2D eigenvalue weighted by molar-refractivity contribution is -0.131. The van der Waals surface area contributed by atoms with E-state index in [1.54, 1.807) is 38.0 Å². The fraction of sp³-hybridized carbons (Fsp3) is 0.700. The topological polar surface area (TPSA) is 197 Å². The molecule has 0 heterocycles. The second-order valence-electron chi connectivity index (χ2n) is 8.15. The monoisotopic (exact) mass is 552 g/mol. The average Bonchev–Trinajstić information content (AvgIpc) is 2.80. The fourth-order valence-corrected chi connectivity index (χ4v) is 4.75. The molecule has 0 aliphatic heterocycles. The molecule has 14 nitrogen and oxygen atoms in total. The predicted molar refractivity (Wildman–Crippen MR) is 136 cm³/mol. The molecule has 0 rings (SSSR count). The summed E-state index contributed by atoms with van der Waals surface area (Å²) in [5.74, 6) is -2.16. The van der Waals surface area contributed by atoms with Gasteiger partial charge in [-0.3, -0.25) is 19.2 Å². The molecule has 0 aromatic carbocycles. The summed E-state index contributed by atoms with van der Waals surface area (Å²) in [5.41, 5.74) is 0. The number of nitrogens with one attached hydrogen (secondary N) is 4. The van der Waals surface area contributed by atoms with Gasteiger partial charge in [-0.1, -0.05) is 21.6 Å². The summed E-state index contributed by atoms with van der Waals surface area (Å²) in [5, 5.41) is 28.4.